The van der Waals surface area contributed by atoms with Gasteiger partial charge in [-0.2, -0.15) is 0 Å². The van der Waals surface area contributed by atoms with Crippen LogP contribution in [0.3, 0.4) is 0 Å². The molecule has 96 valence electrons. The number of carboxylic acids is 1. The Bertz CT molecular complexity index is 695. The summed E-state index contributed by atoms with van der Waals surface area (Å²) in [6.45, 7) is 0. The Morgan fingerprint density at radius 2 is 1.95 bits per heavy atom. The summed E-state index contributed by atoms with van der Waals surface area (Å²) in [5.41, 5.74) is -0.825. The van der Waals surface area contributed by atoms with Crippen LogP contribution in [0.2, 0.25) is 0 Å². The third kappa shape index (κ3) is 2.80. The topological polar surface area (TPSA) is 125 Å². The van der Waals surface area contributed by atoms with Crippen molar-refractivity contribution in [3.8, 4) is 0 Å². The van der Waals surface area contributed by atoms with Crippen molar-refractivity contribution in [2.45, 2.75) is 0 Å². The van der Waals surface area contributed by atoms with Gasteiger partial charge in [-0.3, -0.25) is 9.59 Å². The van der Waals surface area contributed by atoms with Crippen LogP contribution < -0.4 is 10.9 Å². The molecule has 2 rings (SSSR count). The number of anilines is 1. The number of hydrogen-bond donors (Lipinski definition) is 3. The molecular formula is C11H8N4O4. The Hall–Kier alpha value is -3.03. The Labute approximate surface area is 106 Å². The molecule has 0 radical (unpaired) electrons. The summed E-state index contributed by atoms with van der Waals surface area (Å²) in [7, 11) is 0. The van der Waals surface area contributed by atoms with E-state index in [0.717, 1.165) is 0 Å². The molecule has 0 fully saturated rings. The first-order valence-electron chi connectivity index (χ1n) is 5.13. The molecule has 0 aliphatic heterocycles. The highest BCUT2D eigenvalue weighted by molar-refractivity contribution is 6.05. The number of nitrogens with zero attached hydrogens (tertiary/aromatic N) is 2. The molecule has 8 heteroatoms. The van der Waals surface area contributed by atoms with Gasteiger partial charge in [0.25, 0.3) is 5.91 Å². The van der Waals surface area contributed by atoms with Crippen LogP contribution in [-0.4, -0.2) is 31.9 Å². The van der Waals surface area contributed by atoms with Gasteiger partial charge >= 0.3 is 5.97 Å². The molecule has 2 aromatic heterocycles. The summed E-state index contributed by atoms with van der Waals surface area (Å²) in [4.78, 5) is 43.4. The SMILES string of the molecule is O=C(Nc1nccnc1C(=O)O)c1cccc(=O)[nH]1. The normalized spacial score (nSPS) is 9.89. The van der Waals surface area contributed by atoms with Crippen LogP contribution >= 0.6 is 0 Å². The van der Waals surface area contributed by atoms with Gasteiger partial charge in [0.05, 0.1) is 0 Å². The molecule has 0 aromatic carbocycles. The minimum absolute atomic E-state index is 0.00510. The summed E-state index contributed by atoms with van der Waals surface area (Å²) in [5, 5.41) is 11.2. The fourth-order valence-corrected chi connectivity index (χ4v) is 1.34. The van der Waals surface area contributed by atoms with Crippen LogP contribution in [-0.2, 0) is 0 Å². The van der Waals surface area contributed by atoms with E-state index in [2.05, 4.69) is 20.3 Å². The van der Waals surface area contributed by atoms with E-state index in [1.54, 1.807) is 0 Å². The summed E-state index contributed by atoms with van der Waals surface area (Å²) < 4.78 is 0. The van der Waals surface area contributed by atoms with Crippen LogP contribution in [0.4, 0.5) is 5.82 Å². The Morgan fingerprint density at radius 3 is 2.63 bits per heavy atom. The summed E-state index contributed by atoms with van der Waals surface area (Å²) in [5.74, 6) is -2.18. The minimum Gasteiger partial charge on any atom is -0.476 e. The lowest BCUT2D eigenvalue weighted by Crippen LogP contribution is -2.20. The number of rotatable bonds is 3. The Balaban J connectivity index is 2.29. The zero-order chi connectivity index (χ0) is 13.8. The number of pyridine rings is 1. The van der Waals surface area contributed by atoms with Crippen molar-refractivity contribution in [3.63, 3.8) is 0 Å². The van der Waals surface area contributed by atoms with Crippen molar-refractivity contribution >= 4 is 17.7 Å². The largest absolute Gasteiger partial charge is 0.476 e. The first-order chi connectivity index (χ1) is 9.08. The van der Waals surface area contributed by atoms with Crippen molar-refractivity contribution in [2.24, 2.45) is 0 Å². The predicted octanol–water partition coefficient (Wildman–Crippen LogP) is 0.115. The highest BCUT2D eigenvalue weighted by Crippen LogP contribution is 2.09. The zero-order valence-electron chi connectivity index (χ0n) is 9.45. The Morgan fingerprint density at radius 1 is 1.21 bits per heavy atom. The second kappa shape index (κ2) is 5.08. The van der Waals surface area contributed by atoms with Gasteiger partial charge in [-0.25, -0.2) is 14.8 Å². The number of aromatic amines is 1. The van der Waals surface area contributed by atoms with Gasteiger partial charge in [0.1, 0.15) is 5.69 Å². The molecule has 0 spiro atoms. The maximum Gasteiger partial charge on any atom is 0.358 e. The van der Waals surface area contributed by atoms with Gasteiger partial charge in [0.15, 0.2) is 11.5 Å². The molecule has 2 aromatic rings. The lowest BCUT2D eigenvalue weighted by Gasteiger charge is -2.05. The highest BCUT2D eigenvalue weighted by Gasteiger charge is 2.16. The Kier molecular flexibility index (Phi) is 3.33. The van der Waals surface area contributed by atoms with Crippen molar-refractivity contribution < 1.29 is 14.7 Å². The number of hydrogen-bond acceptors (Lipinski definition) is 5. The smallest absolute Gasteiger partial charge is 0.358 e. The van der Waals surface area contributed by atoms with Gasteiger partial charge in [0.2, 0.25) is 5.56 Å². The molecule has 0 saturated heterocycles. The molecular weight excluding hydrogens is 252 g/mol. The molecule has 0 atom stereocenters. The average Bonchev–Trinajstić information content (AvgIpc) is 2.39. The minimum atomic E-state index is -1.31. The van der Waals surface area contributed by atoms with Crippen LogP contribution in [0.5, 0.6) is 0 Å². The van der Waals surface area contributed by atoms with Gasteiger partial charge in [-0.15, -0.1) is 0 Å². The first kappa shape index (κ1) is 12.4. The molecule has 0 aliphatic rings. The van der Waals surface area contributed by atoms with E-state index >= 15 is 0 Å². The number of aromatic nitrogens is 3. The van der Waals surface area contributed by atoms with Gasteiger partial charge < -0.3 is 15.4 Å². The van der Waals surface area contributed by atoms with E-state index in [1.165, 1.54) is 30.6 Å². The van der Waals surface area contributed by atoms with Crippen molar-refractivity contribution in [1.29, 1.82) is 0 Å². The van der Waals surface area contributed by atoms with Crippen LogP contribution in [0.15, 0.2) is 35.4 Å². The zero-order valence-corrected chi connectivity index (χ0v) is 9.45. The molecule has 19 heavy (non-hydrogen) atoms. The maximum absolute atomic E-state index is 11.8. The third-order valence-electron chi connectivity index (χ3n) is 2.15. The lowest BCUT2D eigenvalue weighted by molar-refractivity contribution is 0.0691. The molecule has 0 aliphatic carbocycles. The van der Waals surface area contributed by atoms with Crippen molar-refractivity contribution in [1.82, 2.24) is 15.0 Å². The fraction of sp³-hybridized carbons (Fsp3) is 0. The second-order valence-corrected chi connectivity index (χ2v) is 3.44. The maximum atomic E-state index is 11.8. The van der Waals surface area contributed by atoms with Gasteiger partial charge in [-0.05, 0) is 6.07 Å². The average molecular weight is 260 g/mol. The van der Waals surface area contributed by atoms with Crippen LogP contribution in [0, 0.1) is 0 Å². The molecule has 2 heterocycles. The first-order valence-corrected chi connectivity index (χ1v) is 5.13. The molecule has 1 amide bonds. The van der Waals surface area contributed by atoms with E-state index in [0.29, 0.717) is 0 Å². The molecule has 0 saturated carbocycles. The number of aromatic carboxylic acids is 1. The van der Waals surface area contributed by atoms with E-state index in [9.17, 15) is 14.4 Å². The monoisotopic (exact) mass is 260 g/mol. The summed E-state index contributed by atoms with van der Waals surface area (Å²) >= 11 is 0. The summed E-state index contributed by atoms with van der Waals surface area (Å²) in [6, 6.07) is 4.04. The molecule has 0 bridgehead atoms. The number of nitrogens with one attached hydrogen (secondary N) is 2. The number of carbonyl (C=O) groups excluding carboxylic acids is 1. The predicted molar refractivity (Wildman–Crippen MR) is 64.0 cm³/mol. The van der Waals surface area contributed by atoms with E-state index in [-0.39, 0.29) is 17.2 Å². The number of carboxylic acid groups (broad SMARTS) is 1. The third-order valence-corrected chi connectivity index (χ3v) is 2.15. The van der Waals surface area contributed by atoms with E-state index < -0.39 is 17.4 Å². The van der Waals surface area contributed by atoms with Crippen molar-refractivity contribution in [3.05, 3.63) is 52.3 Å². The highest BCUT2D eigenvalue weighted by atomic mass is 16.4. The molecule has 0 unspecified atom stereocenters. The standard InChI is InChI=1S/C11H8N4O4/c16-7-3-1-2-6(14-7)10(17)15-9-8(11(18)19)12-4-5-13-9/h1-5H,(H,14,16)(H,18,19)(H,13,15,17). The van der Waals surface area contributed by atoms with Crippen LogP contribution in [0.25, 0.3) is 0 Å². The van der Waals surface area contributed by atoms with Gasteiger partial charge in [-0.1, -0.05) is 6.07 Å². The van der Waals surface area contributed by atoms with Crippen LogP contribution in [0.1, 0.15) is 21.0 Å². The molecule has 8 nitrogen and oxygen atoms in total. The lowest BCUT2D eigenvalue weighted by atomic mass is 10.3. The van der Waals surface area contributed by atoms with E-state index in [1.807, 2.05) is 0 Å². The summed E-state index contributed by atoms with van der Waals surface area (Å²) in [6.07, 6.45) is 2.44. The number of H-pyrrole nitrogens is 1. The quantitative estimate of drug-likeness (QED) is 0.719. The number of amides is 1. The van der Waals surface area contributed by atoms with Crippen molar-refractivity contribution in [2.75, 3.05) is 5.32 Å². The second-order valence-electron chi connectivity index (χ2n) is 3.44. The molecule has 3 N–H and O–H groups in total. The van der Waals surface area contributed by atoms with Gasteiger partial charge in [0, 0.05) is 18.5 Å². The number of carbonyl (C=O) groups is 2. The fourth-order valence-electron chi connectivity index (χ4n) is 1.34. The van der Waals surface area contributed by atoms with E-state index in [4.69, 9.17) is 5.11 Å².